The van der Waals surface area contributed by atoms with Gasteiger partial charge in [-0.2, -0.15) is 0 Å². The molecule has 0 radical (unpaired) electrons. The van der Waals surface area contributed by atoms with Crippen molar-refractivity contribution in [3.05, 3.63) is 24.0 Å². The van der Waals surface area contributed by atoms with E-state index in [1.54, 1.807) is 6.20 Å². The van der Waals surface area contributed by atoms with E-state index in [1.165, 1.54) is 11.8 Å². The lowest BCUT2D eigenvalue weighted by Crippen LogP contribution is -2.22. The number of hydrogen-bond donors (Lipinski definition) is 1. The van der Waals surface area contributed by atoms with Crippen molar-refractivity contribution in [2.75, 3.05) is 0 Å². The molecule has 0 bridgehead atoms. The van der Waals surface area contributed by atoms with Gasteiger partial charge in [-0.3, -0.25) is 9.78 Å². The molecule has 1 heterocycles. The van der Waals surface area contributed by atoms with Gasteiger partial charge < -0.3 is 5.11 Å². The van der Waals surface area contributed by atoms with Crippen LogP contribution in [0.1, 0.15) is 19.5 Å². The first-order valence-electron chi connectivity index (χ1n) is 4.83. The van der Waals surface area contributed by atoms with Crippen LogP contribution in [-0.2, 0) is 4.79 Å². The second-order valence-corrected chi connectivity index (χ2v) is 4.97. The van der Waals surface area contributed by atoms with Crippen molar-refractivity contribution in [3.63, 3.8) is 0 Å². The minimum atomic E-state index is -0.760. The number of aromatic nitrogens is 1. The molecule has 3 nitrogen and oxygen atoms in total. The zero-order chi connectivity index (χ0) is 11.4. The van der Waals surface area contributed by atoms with E-state index in [-0.39, 0.29) is 5.92 Å². The van der Waals surface area contributed by atoms with Gasteiger partial charge in [-0.15, -0.1) is 11.8 Å². The largest absolute Gasteiger partial charge is 0.480 e. The monoisotopic (exact) mass is 225 g/mol. The molecule has 1 rings (SSSR count). The normalized spacial score (nSPS) is 12.8. The van der Waals surface area contributed by atoms with Gasteiger partial charge in [-0.05, 0) is 25.0 Å². The van der Waals surface area contributed by atoms with Crippen LogP contribution in [0.4, 0.5) is 0 Å². The van der Waals surface area contributed by atoms with Gasteiger partial charge in [0.15, 0.2) is 0 Å². The van der Waals surface area contributed by atoms with E-state index in [4.69, 9.17) is 5.11 Å². The van der Waals surface area contributed by atoms with Gasteiger partial charge in [0.25, 0.3) is 0 Å². The predicted molar refractivity (Wildman–Crippen MR) is 61.1 cm³/mol. The van der Waals surface area contributed by atoms with Crippen molar-refractivity contribution < 1.29 is 9.90 Å². The van der Waals surface area contributed by atoms with Crippen LogP contribution in [0.5, 0.6) is 0 Å². The summed E-state index contributed by atoms with van der Waals surface area (Å²) in [6.07, 6.45) is 1.71. The zero-order valence-electron chi connectivity index (χ0n) is 9.10. The summed E-state index contributed by atoms with van der Waals surface area (Å²) in [6.45, 7) is 5.73. The maximum Gasteiger partial charge on any atom is 0.317 e. The van der Waals surface area contributed by atoms with Gasteiger partial charge >= 0.3 is 5.97 Å². The van der Waals surface area contributed by atoms with E-state index < -0.39 is 11.2 Å². The maximum absolute atomic E-state index is 11.0. The molecule has 0 spiro atoms. The Kier molecular flexibility index (Phi) is 4.15. The summed E-state index contributed by atoms with van der Waals surface area (Å²) in [5, 5.41) is 8.64. The van der Waals surface area contributed by atoms with E-state index in [9.17, 15) is 4.79 Å². The first-order chi connectivity index (χ1) is 7.00. The lowest BCUT2D eigenvalue weighted by atomic mass is 10.1. The Morgan fingerprint density at radius 1 is 1.53 bits per heavy atom. The average molecular weight is 225 g/mol. The van der Waals surface area contributed by atoms with Crippen LogP contribution in [0.25, 0.3) is 0 Å². The van der Waals surface area contributed by atoms with E-state index in [0.29, 0.717) is 0 Å². The molecule has 1 aromatic rings. The van der Waals surface area contributed by atoms with Crippen LogP contribution in [0.2, 0.25) is 0 Å². The molecule has 0 aliphatic heterocycles. The van der Waals surface area contributed by atoms with Crippen molar-refractivity contribution in [1.82, 2.24) is 4.98 Å². The smallest absolute Gasteiger partial charge is 0.317 e. The van der Waals surface area contributed by atoms with Crippen LogP contribution in [0.3, 0.4) is 0 Å². The molecule has 1 N–H and O–H groups in total. The molecule has 0 aliphatic rings. The van der Waals surface area contributed by atoms with Crippen molar-refractivity contribution in [1.29, 1.82) is 0 Å². The van der Waals surface area contributed by atoms with Crippen molar-refractivity contribution >= 4 is 17.7 Å². The van der Waals surface area contributed by atoms with Crippen molar-refractivity contribution in [3.8, 4) is 0 Å². The van der Waals surface area contributed by atoms with Crippen molar-refractivity contribution in [2.24, 2.45) is 5.92 Å². The molecule has 0 amide bonds. The predicted octanol–water partition coefficient (Wildman–Crippen LogP) is 2.59. The summed E-state index contributed by atoms with van der Waals surface area (Å²) >= 11 is 1.38. The van der Waals surface area contributed by atoms with Crippen molar-refractivity contribution in [2.45, 2.75) is 30.9 Å². The Labute approximate surface area is 93.9 Å². The first-order valence-corrected chi connectivity index (χ1v) is 5.71. The summed E-state index contributed by atoms with van der Waals surface area (Å²) in [4.78, 5) is 16.0. The van der Waals surface area contributed by atoms with E-state index >= 15 is 0 Å². The molecule has 82 valence electrons. The van der Waals surface area contributed by atoms with Gasteiger partial charge in [0, 0.05) is 16.8 Å². The first kappa shape index (κ1) is 12.0. The second kappa shape index (κ2) is 5.16. The third-order valence-corrected chi connectivity index (χ3v) is 3.51. The minimum absolute atomic E-state index is 0.112. The summed E-state index contributed by atoms with van der Waals surface area (Å²) in [7, 11) is 0. The van der Waals surface area contributed by atoms with Gasteiger partial charge in [0.2, 0.25) is 0 Å². The molecule has 1 atom stereocenters. The highest BCUT2D eigenvalue weighted by molar-refractivity contribution is 8.00. The molecular weight excluding hydrogens is 210 g/mol. The van der Waals surface area contributed by atoms with Gasteiger partial charge in [0.1, 0.15) is 5.25 Å². The number of hydrogen-bond acceptors (Lipinski definition) is 3. The number of rotatable bonds is 4. The highest BCUT2D eigenvalue weighted by Gasteiger charge is 2.22. The lowest BCUT2D eigenvalue weighted by molar-refractivity contribution is -0.137. The van der Waals surface area contributed by atoms with E-state index in [2.05, 4.69) is 4.98 Å². The second-order valence-electron chi connectivity index (χ2n) is 3.75. The van der Waals surface area contributed by atoms with Gasteiger partial charge in [0.05, 0.1) is 0 Å². The summed E-state index contributed by atoms with van der Waals surface area (Å²) in [6, 6.07) is 3.75. The van der Waals surface area contributed by atoms with E-state index in [0.717, 1.165) is 10.6 Å². The minimum Gasteiger partial charge on any atom is -0.480 e. The summed E-state index contributed by atoms with van der Waals surface area (Å²) in [5.41, 5.74) is 0.910. The fourth-order valence-electron chi connectivity index (χ4n) is 1.21. The number of carboxylic acid groups (broad SMARTS) is 1. The third kappa shape index (κ3) is 3.55. The quantitative estimate of drug-likeness (QED) is 0.800. The van der Waals surface area contributed by atoms with E-state index in [1.807, 2.05) is 32.9 Å². The molecule has 0 saturated heterocycles. The maximum atomic E-state index is 11.0. The van der Waals surface area contributed by atoms with Gasteiger partial charge in [-0.25, -0.2) is 0 Å². The molecule has 4 heteroatoms. The summed E-state index contributed by atoms with van der Waals surface area (Å²) < 4.78 is 0. The average Bonchev–Trinajstić information content (AvgIpc) is 2.13. The Bertz CT molecular complexity index is 352. The Morgan fingerprint density at radius 2 is 2.20 bits per heavy atom. The highest BCUT2D eigenvalue weighted by atomic mass is 32.2. The fourth-order valence-corrected chi connectivity index (χ4v) is 2.26. The molecule has 1 aromatic heterocycles. The number of aliphatic carboxylic acids is 1. The Hall–Kier alpha value is -1.03. The fraction of sp³-hybridized carbons (Fsp3) is 0.455. The number of carboxylic acids is 1. The van der Waals surface area contributed by atoms with Gasteiger partial charge in [-0.1, -0.05) is 13.8 Å². The third-order valence-electron chi connectivity index (χ3n) is 1.98. The molecule has 15 heavy (non-hydrogen) atoms. The molecular formula is C11H15NO2S. The number of pyridine rings is 1. The summed E-state index contributed by atoms with van der Waals surface area (Å²) in [5.74, 6) is -0.648. The Morgan fingerprint density at radius 3 is 2.67 bits per heavy atom. The molecule has 0 fully saturated rings. The number of thioether (sulfide) groups is 1. The number of carbonyl (C=O) groups is 1. The number of aryl methyl sites for hydroxylation is 1. The molecule has 0 aliphatic carbocycles. The highest BCUT2D eigenvalue weighted by Crippen LogP contribution is 2.28. The molecule has 0 aromatic carbocycles. The van der Waals surface area contributed by atoms with Crippen LogP contribution >= 0.6 is 11.8 Å². The topological polar surface area (TPSA) is 50.2 Å². The molecule has 0 saturated carbocycles. The van der Waals surface area contributed by atoms with Crippen LogP contribution < -0.4 is 0 Å². The Balaban J connectivity index is 2.79. The van der Waals surface area contributed by atoms with Crippen LogP contribution in [0.15, 0.2) is 23.2 Å². The zero-order valence-corrected chi connectivity index (χ0v) is 9.91. The lowest BCUT2D eigenvalue weighted by Gasteiger charge is -2.15. The van der Waals surface area contributed by atoms with Crippen LogP contribution in [0, 0.1) is 12.8 Å². The SMILES string of the molecule is Cc1cc(SC(C(=O)O)C(C)C)ccn1. The standard InChI is InChI=1S/C11H15NO2S/c1-7(2)10(11(13)14)15-9-4-5-12-8(3)6-9/h4-7,10H,1-3H3,(H,13,14). The molecule has 1 unspecified atom stereocenters. The number of nitrogens with zero attached hydrogens (tertiary/aromatic N) is 1. The van der Waals surface area contributed by atoms with Crippen LogP contribution in [-0.4, -0.2) is 21.3 Å².